The molecule has 1 aliphatic heterocycles. The highest BCUT2D eigenvalue weighted by atomic mass is 16.5. The van der Waals surface area contributed by atoms with Gasteiger partial charge in [0, 0.05) is 22.4 Å². The maximum Gasteiger partial charge on any atom is 0.260 e. The molecule has 0 saturated heterocycles. The molecule has 0 aliphatic carbocycles. The van der Waals surface area contributed by atoms with E-state index in [9.17, 15) is 9.59 Å². The van der Waals surface area contributed by atoms with Gasteiger partial charge in [-0.3, -0.25) is 9.59 Å². The summed E-state index contributed by atoms with van der Waals surface area (Å²) in [4.78, 5) is 23.6. The molecule has 0 fully saturated rings. The van der Waals surface area contributed by atoms with Gasteiger partial charge in [-0.05, 0) is 31.5 Å². The Kier molecular flexibility index (Phi) is 3.98. The molecule has 0 spiro atoms. The lowest BCUT2D eigenvalue weighted by Gasteiger charge is -2.12. The summed E-state index contributed by atoms with van der Waals surface area (Å²) in [7, 11) is 0. The summed E-state index contributed by atoms with van der Waals surface area (Å²) in [5, 5.41) is 2.82. The lowest BCUT2D eigenvalue weighted by molar-refractivity contribution is -0.110. The van der Waals surface area contributed by atoms with Crippen molar-refractivity contribution in [3.05, 3.63) is 64.7 Å². The zero-order valence-corrected chi connectivity index (χ0v) is 13.1. The third kappa shape index (κ3) is 2.63. The smallest absolute Gasteiger partial charge is 0.260 e. The van der Waals surface area contributed by atoms with Crippen LogP contribution in [0.15, 0.2) is 42.5 Å². The molecule has 0 saturated carbocycles. The molecule has 4 heteroatoms. The van der Waals surface area contributed by atoms with Crippen LogP contribution in [0.3, 0.4) is 0 Å². The van der Waals surface area contributed by atoms with E-state index in [2.05, 4.69) is 5.32 Å². The van der Waals surface area contributed by atoms with Crippen LogP contribution < -0.4 is 5.32 Å². The molecule has 2 aromatic carbocycles. The number of carbonyl (C=O) groups is 2. The first-order chi connectivity index (χ1) is 11.2. The molecule has 0 aromatic heterocycles. The number of aryl methyl sites for hydroxylation is 1. The molecule has 0 unspecified atom stereocenters. The van der Waals surface area contributed by atoms with Crippen molar-refractivity contribution in [2.75, 3.05) is 11.9 Å². The van der Waals surface area contributed by atoms with Crippen molar-refractivity contribution in [3.63, 3.8) is 0 Å². The van der Waals surface area contributed by atoms with E-state index in [4.69, 9.17) is 4.74 Å². The molecular weight excluding hydrogens is 290 g/mol. The third-order valence-electron chi connectivity index (χ3n) is 3.83. The average molecular weight is 307 g/mol. The van der Waals surface area contributed by atoms with Crippen LogP contribution in [0, 0.1) is 6.92 Å². The Morgan fingerprint density at radius 2 is 1.96 bits per heavy atom. The zero-order chi connectivity index (χ0) is 16.4. The molecular formula is C19H17NO3. The highest BCUT2D eigenvalue weighted by Crippen LogP contribution is 2.38. The van der Waals surface area contributed by atoms with E-state index in [0.29, 0.717) is 29.2 Å². The first kappa shape index (κ1) is 15.0. The third-order valence-corrected chi connectivity index (χ3v) is 3.83. The van der Waals surface area contributed by atoms with Gasteiger partial charge in [-0.2, -0.15) is 0 Å². The van der Waals surface area contributed by atoms with Crippen LogP contribution in [-0.4, -0.2) is 18.8 Å². The summed E-state index contributed by atoms with van der Waals surface area (Å²) < 4.78 is 5.78. The van der Waals surface area contributed by atoms with Crippen molar-refractivity contribution in [1.82, 2.24) is 0 Å². The Morgan fingerprint density at radius 3 is 2.61 bits per heavy atom. The summed E-state index contributed by atoms with van der Waals surface area (Å²) in [5.74, 6) is 0.345. The van der Waals surface area contributed by atoms with E-state index in [1.165, 1.54) is 0 Å². The molecule has 0 radical (unpaired) electrons. The largest absolute Gasteiger partial charge is 0.492 e. The van der Waals surface area contributed by atoms with Gasteiger partial charge in [0.1, 0.15) is 12.0 Å². The van der Waals surface area contributed by atoms with Crippen molar-refractivity contribution in [3.8, 4) is 0 Å². The number of fused-ring (bicyclic) bond motifs is 1. The summed E-state index contributed by atoms with van der Waals surface area (Å²) >= 11 is 0. The van der Waals surface area contributed by atoms with Crippen molar-refractivity contribution in [1.29, 1.82) is 0 Å². The summed E-state index contributed by atoms with van der Waals surface area (Å²) in [6, 6.07) is 13.1. The molecule has 1 N–H and O–H groups in total. The predicted octanol–water partition coefficient (Wildman–Crippen LogP) is 3.66. The second-order valence-corrected chi connectivity index (χ2v) is 5.33. The van der Waals surface area contributed by atoms with Crippen LogP contribution >= 0.6 is 0 Å². The first-order valence-electron chi connectivity index (χ1n) is 7.49. The van der Waals surface area contributed by atoms with Gasteiger partial charge in [-0.15, -0.1) is 0 Å². The molecule has 1 heterocycles. The highest BCUT2D eigenvalue weighted by molar-refractivity contribution is 6.36. The number of ether oxygens (including phenoxy) is 1. The van der Waals surface area contributed by atoms with Gasteiger partial charge in [0.15, 0.2) is 0 Å². The average Bonchev–Trinajstić information content (AvgIpc) is 2.87. The number of anilines is 1. The van der Waals surface area contributed by atoms with E-state index in [-0.39, 0.29) is 5.91 Å². The van der Waals surface area contributed by atoms with Crippen LogP contribution in [0.2, 0.25) is 0 Å². The van der Waals surface area contributed by atoms with E-state index >= 15 is 0 Å². The van der Waals surface area contributed by atoms with Crippen molar-refractivity contribution in [2.45, 2.75) is 13.8 Å². The summed E-state index contributed by atoms with van der Waals surface area (Å²) in [5.41, 5.74) is 4.17. The fraction of sp³-hybridized carbons (Fsp3) is 0.158. The van der Waals surface area contributed by atoms with Gasteiger partial charge in [-0.1, -0.05) is 30.3 Å². The Balaban J connectivity index is 2.24. The predicted molar refractivity (Wildman–Crippen MR) is 90.1 cm³/mol. The molecule has 23 heavy (non-hydrogen) atoms. The van der Waals surface area contributed by atoms with Gasteiger partial charge < -0.3 is 10.1 Å². The quantitative estimate of drug-likeness (QED) is 0.533. The van der Waals surface area contributed by atoms with E-state index in [0.717, 1.165) is 23.0 Å². The first-order valence-corrected chi connectivity index (χ1v) is 7.49. The number of hydrogen-bond acceptors (Lipinski definition) is 3. The Labute approximate surface area is 134 Å². The zero-order valence-electron chi connectivity index (χ0n) is 13.1. The van der Waals surface area contributed by atoms with Gasteiger partial charge in [0.05, 0.1) is 12.2 Å². The number of aldehydes is 1. The van der Waals surface area contributed by atoms with Crippen molar-refractivity contribution >= 4 is 29.2 Å². The molecule has 4 nitrogen and oxygen atoms in total. The fourth-order valence-corrected chi connectivity index (χ4v) is 2.73. The maximum absolute atomic E-state index is 12.5. The number of benzene rings is 2. The second-order valence-electron chi connectivity index (χ2n) is 5.33. The number of nitrogens with one attached hydrogen (secondary N) is 1. The topological polar surface area (TPSA) is 55.4 Å². The van der Waals surface area contributed by atoms with Crippen LogP contribution in [0.4, 0.5) is 5.69 Å². The number of rotatable bonds is 4. The maximum atomic E-state index is 12.5. The Morgan fingerprint density at radius 1 is 1.22 bits per heavy atom. The Hall–Kier alpha value is -2.88. The molecule has 2 aromatic rings. The minimum atomic E-state index is -0.213. The molecule has 1 amide bonds. The van der Waals surface area contributed by atoms with Gasteiger partial charge in [-0.25, -0.2) is 0 Å². The monoisotopic (exact) mass is 307 g/mol. The van der Waals surface area contributed by atoms with Crippen LogP contribution in [0.5, 0.6) is 0 Å². The molecule has 0 bridgehead atoms. The van der Waals surface area contributed by atoms with Gasteiger partial charge in [0.25, 0.3) is 5.91 Å². The Bertz CT molecular complexity index is 807. The lowest BCUT2D eigenvalue weighted by atomic mass is 9.98. The molecule has 116 valence electrons. The standard InChI is InChI=1S/C19H17NO3/c1-3-23-18(13-7-5-4-6-8-13)17-15-9-12(2)14(11-21)10-16(15)20-19(17)22/h4-11H,3H2,1-2H3,(H,20,22)/b18-17+. The van der Waals surface area contributed by atoms with Crippen LogP contribution in [0.25, 0.3) is 11.3 Å². The molecule has 1 aliphatic rings. The van der Waals surface area contributed by atoms with Crippen molar-refractivity contribution < 1.29 is 14.3 Å². The van der Waals surface area contributed by atoms with Gasteiger partial charge >= 0.3 is 0 Å². The highest BCUT2D eigenvalue weighted by Gasteiger charge is 2.30. The minimum Gasteiger partial charge on any atom is -0.492 e. The molecule has 0 atom stereocenters. The number of carbonyl (C=O) groups excluding carboxylic acids is 2. The lowest BCUT2D eigenvalue weighted by Crippen LogP contribution is -2.07. The number of hydrogen-bond donors (Lipinski definition) is 1. The summed E-state index contributed by atoms with van der Waals surface area (Å²) in [6.45, 7) is 4.20. The SMILES string of the molecule is CCO/C(=C1/C(=O)Nc2cc(C=O)c(C)cc21)c1ccccc1. The van der Waals surface area contributed by atoms with E-state index in [1.807, 2.05) is 50.2 Å². The number of amides is 1. The van der Waals surface area contributed by atoms with Gasteiger partial charge in [0.2, 0.25) is 0 Å². The van der Waals surface area contributed by atoms with Crippen LogP contribution in [-0.2, 0) is 9.53 Å². The van der Waals surface area contributed by atoms with E-state index < -0.39 is 0 Å². The second kappa shape index (κ2) is 6.08. The minimum absolute atomic E-state index is 0.213. The summed E-state index contributed by atoms with van der Waals surface area (Å²) in [6.07, 6.45) is 0.796. The fourth-order valence-electron chi connectivity index (χ4n) is 2.73. The normalized spacial score (nSPS) is 15.0. The van der Waals surface area contributed by atoms with Crippen molar-refractivity contribution in [2.24, 2.45) is 0 Å². The molecule has 3 rings (SSSR count). The van der Waals surface area contributed by atoms with Crippen LogP contribution in [0.1, 0.15) is 34.0 Å². The van der Waals surface area contributed by atoms with E-state index in [1.54, 1.807) is 6.07 Å².